The molecule has 0 aromatic heterocycles. The fourth-order valence-electron chi connectivity index (χ4n) is 1.70. The molecule has 0 spiro atoms. The Labute approximate surface area is 98.9 Å². The standard InChI is InChI=1S/C13H12FNO2/c1-15-9-8-13(17,12(15)16)7-6-10-4-2-3-5-11(10)14/h2-5,17H,8-9H2,1H3/t13-/m0/s1. The van der Waals surface area contributed by atoms with Crippen molar-refractivity contribution >= 4 is 5.91 Å². The number of benzene rings is 1. The second-order valence-electron chi connectivity index (χ2n) is 4.07. The van der Waals surface area contributed by atoms with Gasteiger partial charge in [0.15, 0.2) is 0 Å². The molecule has 0 aliphatic carbocycles. The number of carbonyl (C=O) groups excluding carboxylic acids is 1. The van der Waals surface area contributed by atoms with Gasteiger partial charge in [0, 0.05) is 20.0 Å². The lowest BCUT2D eigenvalue weighted by atomic mass is 10.0. The van der Waals surface area contributed by atoms with Crippen molar-refractivity contribution in [3.63, 3.8) is 0 Å². The number of aliphatic hydroxyl groups is 1. The quantitative estimate of drug-likeness (QED) is 0.672. The van der Waals surface area contributed by atoms with E-state index in [9.17, 15) is 14.3 Å². The van der Waals surface area contributed by atoms with Gasteiger partial charge in [0.1, 0.15) is 5.82 Å². The molecular formula is C13H12FNO2. The third-order valence-electron chi connectivity index (χ3n) is 2.79. The molecule has 1 saturated heterocycles. The first-order valence-electron chi connectivity index (χ1n) is 5.28. The molecule has 1 aliphatic heterocycles. The zero-order chi connectivity index (χ0) is 12.5. The van der Waals surface area contributed by atoms with Gasteiger partial charge in [0.25, 0.3) is 5.91 Å². The Morgan fingerprint density at radius 2 is 2.18 bits per heavy atom. The number of likely N-dealkylation sites (tertiary alicyclic amines) is 1. The third-order valence-corrected chi connectivity index (χ3v) is 2.79. The van der Waals surface area contributed by atoms with E-state index in [0.29, 0.717) is 6.54 Å². The van der Waals surface area contributed by atoms with E-state index in [-0.39, 0.29) is 12.0 Å². The lowest BCUT2D eigenvalue weighted by Gasteiger charge is -2.13. The maximum Gasteiger partial charge on any atom is 0.267 e. The van der Waals surface area contributed by atoms with E-state index in [2.05, 4.69) is 11.8 Å². The Hall–Kier alpha value is -1.86. The molecule has 1 amide bonds. The molecule has 3 nitrogen and oxygen atoms in total. The Morgan fingerprint density at radius 1 is 1.47 bits per heavy atom. The molecular weight excluding hydrogens is 221 g/mol. The average Bonchev–Trinajstić information content (AvgIpc) is 2.57. The largest absolute Gasteiger partial charge is 0.369 e. The SMILES string of the molecule is CN1CC[C@@](O)(C#Cc2ccccc2F)C1=O. The van der Waals surface area contributed by atoms with E-state index in [1.165, 1.54) is 17.0 Å². The molecule has 1 atom stereocenters. The van der Waals surface area contributed by atoms with Gasteiger partial charge in [-0.25, -0.2) is 4.39 Å². The van der Waals surface area contributed by atoms with Crippen molar-refractivity contribution in [2.24, 2.45) is 0 Å². The maximum absolute atomic E-state index is 13.3. The van der Waals surface area contributed by atoms with Crippen molar-refractivity contribution in [1.82, 2.24) is 4.90 Å². The van der Waals surface area contributed by atoms with Crippen LogP contribution in [-0.2, 0) is 4.79 Å². The monoisotopic (exact) mass is 233 g/mol. The molecule has 0 bridgehead atoms. The summed E-state index contributed by atoms with van der Waals surface area (Å²) in [5, 5.41) is 10.00. The Balaban J connectivity index is 2.29. The Bertz CT molecular complexity index is 518. The molecule has 1 fully saturated rings. The van der Waals surface area contributed by atoms with Crippen molar-refractivity contribution in [3.05, 3.63) is 35.6 Å². The van der Waals surface area contributed by atoms with E-state index in [4.69, 9.17) is 0 Å². The summed E-state index contributed by atoms with van der Waals surface area (Å²) in [6, 6.07) is 6.01. The summed E-state index contributed by atoms with van der Waals surface area (Å²) in [5.41, 5.74) is -1.49. The number of carbonyl (C=O) groups is 1. The lowest BCUT2D eigenvalue weighted by molar-refractivity contribution is -0.137. The first-order chi connectivity index (χ1) is 8.03. The number of halogens is 1. The molecule has 17 heavy (non-hydrogen) atoms. The second kappa shape index (κ2) is 4.19. The molecule has 4 heteroatoms. The highest BCUT2D eigenvalue weighted by Crippen LogP contribution is 2.20. The summed E-state index contributed by atoms with van der Waals surface area (Å²) in [5.74, 6) is 4.11. The van der Waals surface area contributed by atoms with E-state index < -0.39 is 17.3 Å². The fraction of sp³-hybridized carbons (Fsp3) is 0.308. The zero-order valence-electron chi connectivity index (χ0n) is 9.40. The molecule has 1 heterocycles. The summed E-state index contributed by atoms with van der Waals surface area (Å²) >= 11 is 0. The minimum atomic E-state index is -1.67. The molecule has 1 N–H and O–H groups in total. The predicted octanol–water partition coefficient (Wildman–Crippen LogP) is 0.770. The number of amides is 1. The van der Waals surface area contributed by atoms with E-state index in [1.54, 1.807) is 19.2 Å². The summed E-state index contributed by atoms with van der Waals surface area (Å²) in [6.07, 6.45) is 0.254. The van der Waals surface area contributed by atoms with E-state index in [1.807, 2.05) is 0 Å². The van der Waals surface area contributed by atoms with E-state index >= 15 is 0 Å². The van der Waals surface area contributed by atoms with Gasteiger partial charge in [-0.1, -0.05) is 24.0 Å². The van der Waals surface area contributed by atoms with Crippen LogP contribution in [0.2, 0.25) is 0 Å². The number of rotatable bonds is 0. The van der Waals surface area contributed by atoms with Crippen LogP contribution in [0, 0.1) is 17.7 Å². The molecule has 1 aromatic rings. The van der Waals surface area contributed by atoms with Gasteiger partial charge in [0.05, 0.1) is 5.56 Å². The minimum absolute atomic E-state index is 0.184. The van der Waals surface area contributed by atoms with Gasteiger partial charge in [-0.3, -0.25) is 4.79 Å². The predicted molar refractivity (Wildman–Crippen MR) is 60.5 cm³/mol. The number of hydrogen-bond donors (Lipinski definition) is 1. The summed E-state index contributed by atoms with van der Waals surface area (Å²) in [4.78, 5) is 13.0. The first kappa shape index (κ1) is 11.6. The highest BCUT2D eigenvalue weighted by Gasteiger charge is 2.42. The number of likely N-dealkylation sites (N-methyl/N-ethyl adjacent to an activating group) is 1. The average molecular weight is 233 g/mol. The second-order valence-corrected chi connectivity index (χ2v) is 4.07. The zero-order valence-corrected chi connectivity index (χ0v) is 9.40. The van der Waals surface area contributed by atoms with Gasteiger partial charge in [-0.05, 0) is 12.1 Å². The maximum atomic E-state index is 13.3. The van der Waals surface area contributed by atoms with Crippen LogP contribution >= 0.6 is 0 Å². The van der Waals surface area contributed by atoms with Crippen LogP contribution in [0.3, 0.4) is 0 Å². The van der Waals surface area contributed by atoms with Crippen LogP contribution in [0.5, 0.6) is 0 Å². The summed E-state index contributed by atoms with van der Waals surface area (Å²) < 4.78 is 13.3. The van der Waals surface area contributed by atoms with Crippen molar-refractivity contribution in [2.45, 2.75) is 12.0 Å². The first-order valence-corrected chi connectivity index (χ1v) is 5.28. The van der Waals surface area contributed by atoms with Crippen LogP contribution in [0.15, 0.2) is 24.3 Å². The highest BCUT2D eigenvalue weighted by molar-refractivity contribution is 5.90. The van der Waals surface area contributed by atoms with Crippen LogP contribution in [0.25, 0.3) is 0 Å². The van der Waals surface area contributed by atoms with Crippen molar-refractivity contribution in [3.8, 4) is 11.8 Å². The van der Waals surface area contributed by atoms with Crippen LogP contribution in [0.4, 0.5) is 4.39 Å². The van der Waals surface area contributed by atoms with Crippen LogP contribution < -0.4 is 0 Å². The topological polar surface area (TPSA) is 40.5 Å². The molecule has 0 radical (unpaired) electrons. The van der Waals surface area contributed by atoms with Gasteiger partial charge < -0.3 is 10.0 Å². The van der Waals surface area contributed by atoms with Gasteiger partial charge in [0.2, 0.25) is 5.60 Å². The molecule has 88 valence electrons. The molecule has 0 saturated carbocycles. The summed E-state index contributed by atoms with van der Waals surface area (Å²) in [7, 11) is 1.60. The molecule has 1 aromatic carbocycles. The number of hydrogen-bond acceptors (Lipinski definition) is 2. The highest BCUT2D eigenvalue weighted by atomic mass is 19.1. The summed E-state index contributed by atoms with van der Waals surface area (Å²) in [6.45, 7) is 0.460. The van der Waals surface area contributed by atoms with Crippen molar-refractivity contribution < 1.29 is 14.3 Å². The van der Waals surface area contributed by atoms with Gasteiger partial charge in [-0.2, -0.15) is 0 Å². The molecule has 0 unspecified atom stereocenters. The van der Waals surface area contributed by atoms with Crippen LogP contribution in [-0.4, -0.2) is 35.1 Å². The normalized spacial score (nSPS) is 23.5. The third kappa shape index (κ3) is 2.15. The number of nitrogens with zero attached hydrogens (tertiary/aromatic N) is 1. The fourth-order valence-corrected chi connectivity index (χ4v) is 1.70. The molecule has 1 aliphatic rings. The van der Waals surface area contributed by atoms with Crippen molar-refractivity contribution in [1.29, 1.82) is 0 Å². The lowest BCUT2D eigenvalue weighted by Crippen LogP contribution is -2.37. The van der Waals surface area contributed by atoms with Crippen molar-refractivity contribution in [2.75, 3.05) is 13.6 Å². The Morgan fingerprint density at radius 3 is 2.76 bits per heavy atom. The van der Waals surface area contributed by atoms with Gasteiger partial charge >= 0.3 is 0 Å². The minimum Gasteiger partial charge on any atom is -0.369 e. The van der Waals surface area contributed by atoms with E-state index in [0.717, 1.165) is 0 Å². The van der Waals surface area contributed by atoms with Crippen LogP contribution in [0.1, 0.15) is 12.0 Å². The van der Waals surface area contributed by atoms with Gasteiger partial charge in [-0.15, -0.1) is 0 Å². The molecule has 2 rings (SSSR count). The Kier molecular flexibility index (Phi) is 2.86. The smallest absolute Gasteiger partial charge is 0.267 e.